The molecule has 0 aliphatic heterocycles. The van der Waals surface area contributed by atoms with Gasteiger partial charge in [-0.25, -0.2) is 14.6 Å². The number of benzene rings is 1. The van der Waals surface area contributed by atoms with Crippen molar-refractivity contribution in [1.29, 1.82) is 0 Å². The Labute approximate surface area is 172 Å². The van der Waals surface area contributed by atoms with Gasteiger partial charge in [-0.3, -0.25) is 0 Å². The summed E-state index contributed by atoms with van der Waals surface area (Å²) >= 11 is 0. The fraction of sp³-hybridized carbons (Fsp3) is 0.500. The van der Waals surface area contributed by atoms with Gasteiger partial charge in [0.15, 0.2) is 11.4 Å². The molecule has 0 saturated carbocycles. The number of hydrogen-bond acceptors (Lipinski definition) is 6. The summed E-state index contributed by atoms with van der Waals surface area (Å²) in [5.74, 6) is -0.808. The second kappa shape index (κ2) is 10.2. The summed E-state index contributed by atoms with van der Waals surface area (Å²) in [6.07, 6.45) is -0.716. The molecule has 1 aromatic carbocycles. The summed E-state index contributed by atoms with van der Waals surface area (Å²) in [7, 11) is 0. The van der Waals surface area contributed by atoms with E-state index >= 15 is 0 Å². The highest BCUT2D eigenvalue weighted by Gasteiger charge is 2.30. The van der Waals surface area contributed by atoms with Crippen molar-refractivity contribution in [3.8, 4) is 0 Å². The van der Waals surface area contributed by atoms with E-state index in [0.29, 0.717) is 12.4 Å². The van der Waals surface area contributed by atoms with Gasteiger partial charge in [0, 0.05) is 6.54 Å². The van der Waals surface area contributed by atoms with Crippen LogP contribution in [0, 0.1) is 0 Å². The topological polar surface area (TPSA) is 79.7 Å². The Morgan fingerprint density at radius 1 is 0.897 bits per heavy atom. The van der Waals surface area contributed by atoms with Gasteiger partial charge in [-0.2, -0.15) is 0 Å². The largest absolute Gasteiger partial charge is 0.458 e. The second-order valence-corrected chi connectivity index (χ2v) is 7.56. The number of imidazole rings is 1. The number of carbonyl (C=O) groups is 2. The molecule has 0 fully saturated rings. The van der Waals surface area contributed by atoms with Crippen LogP contribution >= 0.6 is 0 Å². The highest BCUT2D eigenvalue weighted by molar-refractivity contribution is 6.01. The van der Waals surface area contributed by atoms with E-state index in [2.05, 4.69) is 4.98 Å². The smallest absolute Gasteiger partial charge is 0.359 e. The molecule has 0 atom stereocenters. The van der Waals surface area contributed by atoms with Crippen molar-refractivity contribution < 1.29 is 23.8 Å². The minimum Gasteiger partial charge on any atom is -0.458 e. The van der Waals surface area contributed by atoms with Crippen molar-refractivity contribution in [2.24, 2.45) is 0 Å². The monoisotopic (exact) mass is 402 g/mol. The Hall–Kier alpha value is -2.67. The van der Waals surface area contributed by atoms with Crippen molar-refractivity contribution in [2.75, 3.05) is 0 Å². The number of ether oxygens (including phenoxy) is 3. The Bertz CT molecular complexity index is 825. The predicted molar refractivity (Wildman–Crippen MR) is 109 cm³/mol. The molecule has 158 valence electrons. The van der Waals surface area contributed by atoms with Crippen LogP contribution in [0.15, 0.2) is 30.3 Å². The zero-order chi connectivity index (χ0) is 21.6. The standard InChI is InChI=1S/C22H30N2O5/c1-14(2)27-13-18-23-19(21(25)28-15(3)4)20(22(26)29-16(5)6)24(18)12-17-10-8-7-9-11-17/h7-11,14-16H,12-13H2,1-6H3. The molecule has 0 spiro atoms. The van der Waals surface area contributed by atoms with Gasteiger partial charge in [-0.05, 0) is 47.1 Å². The summed E-state index contributed by atoms with van der Waals surface area (Å²) in [5.41, 5.74) is 0.983. The number of hydrogen-bond donors (Lipinski definition) is 0. The Morgan fingerprint density at radius 3 is 2.03 bits per heavy atom. The third-order valence-electron chi connectivity index (χ3n) is 3.85. The Kier molecular flexibility index (Phi) is 7.96. The average Bonchev–Trinajstić information content (AvgIpc) is 2.98. The molecular weight excluding hydrogens is 372 g/mol. The normalized spacial score (nSPS) is 11.3. The van der Waals surface area contributed by atoms with E-state index < -0.39 is 11.9 Å². The van der Waals surface area contributed by atoms with E-state index in [0.717, 1.165) is 5.56 Å². The van der Waals surface area contributed by atoms with Crippen molar-refractivity contribution in [3.05, 3.63) is 53.1 Å². The van der Waals surface area contributed by atoms with Gasteiger partial charge < -0.3 is 18.8 Å². The van der Waals surface area contributed by atoms with Crippen LogP contribution in [0.25, 0.3) is 0 Å². The summed E-state index contributed by atoms with van der Waals surface area (Å²) in [5, 5.41) is 0. The summed E-state index contributed by atoms with van der Waals surface area (Å²) in [6.45, 7) is 11.3. The second-order valence-electron chi connectivity index (χ2n) is 7.56. The summed E-state index contributed by atoms with van der Waals surface area (Å²) < 4.78 is 18.1. The number of aromatic nitrogens is 2. The minimum absolute atomic E-state index is 0.0333. The third-order valence-corrected chi connectivity index (χ3v) is 3.85. The van der Waals surface area contributed by atoms with Gasteiger partial charge in [0.05, 0.1) is 18.3 Å². The van der Waals surface area contributed by atoms with Crippen molar-refractivity contribution in [3.63, 3.8) is 0 Å². The number of nitrogens with zero attached hydrogens (tertiary/aromatic N) is 2. The zero-order valence-electron chi connectivity index (χ0n) is 18.0. The molecular formula is C22H30N2O5. The lowest BCUT2D eigenvalue weighted by Crippen LogP contribution is -2.22. The van der Waals surface area contributed by atoms with Crippen molar-refractivity contribution in [2.45, 2.75) is 73.0 Å². The van der Waals surface area contributed by atoms with Gasteiger partial charge in [0.2, 0.25) is 0 Å². The predicted octanol–water partition coefficient (Wildman–Crippen LogP) is 3.99. The lowest BCUT2D eigenvalue weighted by atomic mass is 10.2. The van der Waals surface area contributed by atoms with E-state index in [9.17, 15) is 9.59 Å². The van der Waals surface area contributed by atoms with Gasteiger partial charge in [0.1, 0.15) is 12.4 Å². The van der Waals surface area contributed by atoms with Crippen LogP contribution in [0.4, 0.5) is 0 Å². The van der Waals surface area contributed by atoms with Crippen LogP contribution < -0.4 is 0 Å². The van der Waals surface area contributed by atoms with Crippen LogP contribution in [-0.4, -0.2) is 39.8 Å². The highest BCUT2D eigenvalue weighted by Crippen LogP contribution is 2.20. The molecule has 7 nitrogen and oxygen atoms in total. The molecule has 29 heavy (non-hydrogen) atoms. The molecule has 0 bridgehead atoms. The minimum atomic E-state index is -0.659. The van der Waals surface area contributed by atoms with E-state index in [1.807, 2.05) is 44.2 Å². The van der Waals surface area contributed by atoms with Gasteiger partial charge >= 0.3 is 11.9 Å². The average molecular weight is 402 g/mol. The maximum Gasteiger partial charge on any atom is 0.359 e. The van der Waals surface area contributed by atoms with Crippen LogP contribution in [0.3, 0.4) is 0 Å². The molecule has 1 heterocycles. The van der Waals surface area contributed by atoms with Gasteiger partial charge in [0.25, 0.3) is 0 Å². The van der Waals surface area contributed by atoms with Crippen molar-refractivity contribution in [1.82, 2.24) is 9.55 Å². The fourth-order valence-electron chi connectivity index (χ4n) is 2.68. The van der Waals surface area contributed by atoms with E-state index in [-0.39, 0.29) is 36.3 Å². The third kappa shape index (κ3) is 6.42. The molecule has 2 rings (SSSR count). The number of carbonyl (C=O) groups excluding carboxylic acids is 2. The lowest BCUT2D eigenvalue weighted by Gasteiger charge is -2.15. The van der Waals surface area contributed by atoms with Crippen LogP contribution in [-0.2, 0) is 27.4 Å². The molecule has 2 aromatic rings. The number of esters is 2. The zero-order valence-corrected chi connectivity index (χ0v) is 18.0. The molecule has 0 aliphatic carbocycles. The molecule has 0 aliphatic rings. The van der Waals surface area contributed by atoms with E-state index in [4.69, 9.17) is 14.2 Å². The maximum atomic E-state index is 12.9. The first-order chi connectivity index (χ1) is 13.7. The molecule has 0 saturated heterocycles. The SMILES string of the molecule is CC(C)OCc1nc(C(=O)OC(C)C)c(C(=O)OC(C)C)n1Cc1ccccc1. The first-order valence-electron chi connectivity index (χ1n) is 9.85. The first-order valence-corrected chi connectivity index (χ1v) is 9.85. The van der Waals surface area contributed by atoms with Crippen LogP contribution in [0.5, 0.6) is 0 Å². The summed E-state index contributed by atoms with van der Waals surface area (Å²) in [4.78, 5) is 30.0. The Morgan fingerprint density at radius 2 is 1.48 bits per heavy atom. The first kappa shape index (κ1) is 22.6. The molecule has 0 N–H and O–H groups in total. The fourth-order valence-corrected chi connectivity index (χ4v) is 2.68. The van der Waals surface area contributed by atoms with E-state index in [1.54, 1.807) is 32.3 Å². The quantitative estimate of drug-likeness (QED) is 0.590. The van der Waals surface area contributed by atoms with Crippen molar-refractivity contribution >= 4 is 11.9 Å². The Balaban J connectivity index is 2.57. The molecule has 1 aromatic heterocycles. The number of rotatable bonds is 9. The molecule has 7 heteroatoms. The molecule has 0 radical (unpaired) electrons. The lowest BCUT2D eigenvalue weighted by molar-refractivity contribution is 0.0316. The maximum absolute atomic E-state index is 12.9. The van der Waals surface area contributed by atoms with Gasteiger partial charge in [-0.1, -0.05) is 30.3 Å². The highest BCUT2D eigenvalue weighted by atomic mass is 16.6. The molecule has 0 unspecified atom stereocenters. The molecule has 0 amide bonds. The van der Waals surface area contributed by atoms with Crippen LogP contribution in [0.1, 0.15) is 73.9 Å². The van der Waals surface area contributed by atoms with Crippen LogP contribution in [0.2, 0.25) is 0 Å². The summed E-state index contributed by atoms with van der Waals surface area (Å²) in [6, 6.07) is 9.63. The van der Waals surface area contributed by atoms with Gasteiger partial charge in [-0.15, -0.1) is 0 Å². The van der Waals surface area contributed by atoms with E-state index in [1.165, 1.54) is 0 Å².